The van der Waals surface area contributed by atoms with E-state index in [0.717, 1.165) is 12.8 Å². The Morgan fingerprint density at radius 1 is 1.19 bits per heavy atom. The van der Waals surface area contributed by atoms with Crippen molar-refractivity contribution in [2.24, 2.45) is 5.92 Å². The Balaban J connectivity index is 1.80. The fourth-order valence-electron chi connectivity index (χ4n) is 3.26. The largest absolute Gasteiger partial charge is 0.378 e. The highest BCUT2D eigenvalue weighted by atomic mass is 32.2. The molecule has 0 atom stereocenters. The number of ether oxygens (including phenoxy) is 1. The van der Waals surface area contributed by atoms with Gasteiger partial charge in [0.1, 0.15) is 11.4 Å². The highest BCUT2D eigenvalue weighted by Gasteiger charge is 2.30. The van der Waals surface area contributed by atoms with Crippen molar-refractivity contribution in [3.63, 3.8) is 0 Å². The van der Waals surface area contributed by atoms with E-state index in [1.807, 2.05) is 0 Å². The van der Waals surface area contributed by atoms with Crippen LogP contribution in [0.25, 0.3) is 0 Å². The highest BCUT2D eigenvalue weighted by molar-refractivity contribution is 7.89. The zero-order valence-corrected chi connectivity index (χ0v) is 15.8. The lowest BCUT2D eigenvalue weighted by atomic mass is 10.0. The maximum atomic E-state index is 12.9. The van der Waals surface area contributed by atoms with Crippen LogP contribution in [0.3, 0.4) is 0 Å². The molecule has 2 aliphatic rings. The number of carbonyl (C=O) groups is 1. The number of amides is 1. The first-order chi connectivity index (χ1) is 12.4. The molecule has 8 nitrogen and oxygen atoms in total. The number of hydrogen-bond acceptors (Lipinski definition) is 5. The van der Waals surface area contributed by atoms with Gasteiger partial charge >= 0.3 is 0 Å². The third-order valence-electron chi connectivity index (χ3n) is 5.02. The Labute approximate surface area is 153 Å². The zero-order valence-electron chi connectivity index (χ0n) is 15.0. The number of carbonyl (C=O) groups excluding carboxylic acids is 1. The van der Waals surface area contributed by atoms with Gasteiger partial charge in [0.2, 0.25) is 15.9 Å². The molecule has 0 aromatic carbocycles. The summed E-state index contributed by atoms with van der Waals surface area (Å²) in [6.45, 7) is 4.69. The predicted octanol–water partition coefficient (Wildman–Crippen LogP) is 0.128. The average molecular weight is 383 g/mol. The minimum absolute atomic E-state index is 0.167. The van der Waals surface area contributed by atoms with Crippen molar-refractivity contribution < 1.29 is 17.9 Å². The molecule has 0 spiro atoms. The second-order valence-corrected chi connectivity index (χ2v) is 8.79. The van der Waals surface area contributed by atoms with Crippen LogP contribution >= 0.6 is 0 Å². The summed E-state index contributed by atoms with van der Waals surface area (Å²) in [7, 11) is -3.84. The number of pyridine rings is 1. The lowest BCUT2D eigenvalue weighted by Crippen LogP contribution is -2.44. The molecule has 2 aliphatic heterocycles. The molecule has 0 saturated carbocycles. The summed E-state index contributed by atoms with van der Waals surface area (Å²) in [6, 6.07) is 2.83. The van der Waals surface area contributed by atoms with Crippen LogP contribution in [0.4, 0.5) is 0 Å². The van der Waals surface area contributed by atoms with Crippen molar-refractivity contribution in [1.82, 2.24) is 13.8 Å². The Kier molecular flexibility index (Phi) is 5.79. The molecular formula is C17H25N3O5S. The molecule has 0 bridgehead atoms. The number of sulfonamides is 1. The van der Waals surface area contributed by atoms with Crippen molar-refractivity contribution in [1.29, 1.82) is 0 Å². The van der Waals surface area contributed by atoms with E-state index >= 15 is 0 Å². The summed E-state index contributed by atoms with van der Waals surface area (Å²) in [4.78, 5) is 26.4. The Morgan fingerprint density at radius 3 is 2.50 bits per heavy atom. The molecule has 144 valence electrons. The molecule has 0 N–H and O–H groups in total. The van der Waals surface area contributed by atoms with Crippen LogP contribution in [-0.4, -0.2) is 67.5 Å². The van der Waals surface area contributed by atoms with Gasteiger partial charge in [-0.2, -0.15) is 4.31 Å². The predicted molar refractivity (Wildman–Crippen MR) is 95.3 cm³/mol. The van der Waals surface area contributed by atoms with E-state index in [0.29, 0.717) is 45.3 Å². The van der Waals surface area contributed by atoms with Gasteiger partial charge < -0.3 is 14.2 Å². The summed E-state index contributed by atoms with van der Waals surface area (Å²) in [6.07, 6.45) is 3.03. The SMILES string of the molecule is CC1CCN(S(=O)(=O)c2cccn(CC(=O)N3CCOCC3)c2=O)CC1. The highest BCUT2D eigenvalue weighted by Crippen LogP contribution is 2.21. The van der Waals surface area contributed by atoms with E-state index in [2.05, 4.69) is 6.92 Å². The molecule has 1 amide bonds. The zero-order chi connectivity index (χ0) is 18.7. The van der Waals surface area contributed by atoms with Gasteiger partial charge in [0.15, 0.2) is 0 Å². The second-order valence-electron chi connectivity index (χ2n) is 6.89. The molecule has 1 aromatic rings. The normalized spacial score (nSPS) is 20.3. The molecule has 1 aromatic heterocycles. The van der Waals surface area contributed by atoms with Crippen molar-refractivity contribution in [2.75, 3.05) is 39.4 Å². The van der Waals surface area contributed by atoms with Gasteiger partial charge in [0.25, 0.3) is 5.56 Å². The number of piperidine rings is 1. The monoisotopic (exact) mass is 383 g/mol. The summed E-state index contributed by atoms with van der Waals surface area (Å²) in [5.41, 5.74) is -0.646. The minimum Gasteiger partial charge on any atom is -0.378 e. The standard InChI is InChI=1S/C17H25N3O5S/c1-14-4-7-20(8-5-14)26(23,24)15-3-2-6-19(17(15)22)13-16(21)18-9-11-25-12-10-18/h2-3,6,14H,4-5,7-13H2,1H3. The molecule has 3 heterocycles. The lowest BCUT2D eigenvalue weighted by molar-refractivity contribution is -0.135. The van der Waals surface area contributed by atoms with Gasteiger partial charge in [-0.15, -0.1) is 0 Å². The third kappa shape index (κ3) is 3.99. The third-order valence-corrected chi connectivity index (χ3v) is 6.93. The number of aromatic nitrogens is 1. The van der Waals surface area contributed by atoms with Crippen LogP contribution in [-0.2, 0) is 26.1 Å². The van der Waals surface area contributed by atoms with Crippen LogP contribution in [0.15, 0.2) is 28.0 Å². The fraction of sp³-hybridized carbons (Fsp3) is 0.647. The van der Waals surface area contributed by atoms with Gasteiger partial charge in [-0.3, -0.25) is 9.59 Å². The molecular weight excluding hydrogens is 358 g/mol. The minimum atomic E-state index is -3.84. The number of morpholine rings is 1. The fourth-order valence-corrected chi connectivity index (χ4v) is 4.82. The molecule has 2 fully saturated rings. The van der Waals surface area contributed by atoms with E-state index in [1.165, 1.54) is 27.2 Å². The Hall–Kier alpha value is -1.71. The van der Waals surface area contributed by atoms with Crippen molar-refractivity contribution in [3.8, 4) is 0 Å². The molecule has 3 rings (SSSR count). The van der Waals surface area contributed by atoms with Crippen molar-refractivity contribution in [3.05, 3.63) is 28.7 Å². The first-order valence-electron chi connectivity index (χ1n) is 8.94. The number of rotatable bonds is 4. The van der Waals surface area contributed by atoms with E-state index in [4.69, 9.17) is 4.74 Å². The summed E-state index contributed by atoms with van der Waals surface area (Å²) < 4.78 is 33.5. The van der Waals surface area contributed by atoms with Crippen LogP contribution in [0.1, 0.15) is 19.8 Å². The number of nitrogens with zero attached hydrogens (tertiary/aromatic N) is 3. The van der Waals surface area contributed by atoms with Crippen LogP contribution in [0.2, 0.25) is 0 Å². The Bertz CT molecular complexity index is 806. The maximum Gasteiger partial charge on any atom is 0.271 e. The summed E-state index contributed by atoms with van der Waals surface area (Å²) in [5, 5.41) is 0. The molecule has 26 heavy (non-hydrogen) atoms. The average Bonchev–Trinajstić information content (AvgIpc) is 2.64. The van der Waals surface area contributed by atoms with E-state index in [9.17, 15) is 18.0 Å². The molecule has 0 aliphatic carbocycles. The van der Waals surface area contributed by atoms with Gasteiger partial charge in [-0.05, 0) is 30.9 Å². The van der Waals surface area contributed by atoms with E-state index in [1.54, 1.807) is 4.90 Å². The maximum absolute atomic E-state index is 12.9. The van der Waals surface area contributed by atoms with Crippen LogP contribution in [0.5, 0.6) is 0 Å². The molecule has 2 saturated heterocycles. The van der Waals surface area contributed by atoms with Gasteiger partial charge in [-0.25, -0.2) is 8.42 Å². The molecule has 0 radical (unpaired) electrons. The van der Waals surface area contributed by atoms with Crippen LogP contribution < -0.4 is 5.56 Å². The first-order valence-corrected chi connectivity index (χ1v) is 10.4. The quantitative estimate of drug-likeness (QED) is 0.737. The molecule has 0 unspecified atom stereocenters. The van der Waals surface area contributed by atoms with Crippen molar-refractivity contribution >= 4 is 15.9 Å². The van der Waals surface area contributed by atoms with Crippen LogP contribution in [0, 0.1) is 5.92 Å². The summed E-state index contributed by atoms with van der Waals surface area (Å²) in [5.74, 6) is 0.275. The van der Waals surface area contributed by atoms with Gasteiger partial charge in [-0.1, -0.05) is 6.92 Å². The Morgan fingerprint density at radius 2 is 1.85 bits per heavy atom. The molecule has 9 heteroatoms. The summed E-state index contributed by atoms with van der Waals surface area (Å²) >= 11 is 0. The van der Waals surface area contributed by atoms with Crippen molar-refractivity contribution in [2.45, 2.75) is 31.2 Å². The van der Waals surface area contributed by atoms with E-state index < -0.39 is 15.6 Å². The number of hydrogen-bond donors (Lipinski definition) is 0. The van der Waals surface area contributed by atoms with E-state index in [-0.39, 0.29) is 17.3 Å². The smallest absolute Gasteiger partial charge is 0.271 e. The second kappa shape index (κ2) is 7.89. The lowest BCUT2D eigenvalue weighted by Gasteiger charge is -2.29. The van der Waals surface area contributed by atoms with Gasteiger partial charge in [0, 0.05) is 32.4 Å². The van der Waals surface area contributed by atoms with Gasteiger partial charge in [0.05, 0.1) is 13.2 Å². The first kappa shape index (κ1) is 19.1. The topological polar surface area (TPSA) is 88.9 Å².